The topological polar surface area (TPSA) is 105 Å². The van der Waals surface area contributed by atoms with E-state index in [4.69, 9.17) is 21.4 Å². The number of aliphatic hydroxyl groups is 1. The Hall–Kier alpha value is -3.63. The van der Waals surface area contributed by atoms with Crippen LogP contribution in [0.1, 0.15) is 18.5 Å². The maximum absolute atomic E-state index is 15.3. The molecule has 184 valence electrons. The van der Waals surface area contributed by atoms with Gasteiger partial charge in [0, 0.05) is 30.6 Å². The van der Waals surface area contributed by atoms with E-state index in [-0.39, 0.29) is 47.6 Å². The molecule has 2 N–H and O–H groups in total. The van der Waals surface area contributed by atoms with Crippen LogP contribution < -0.4 is 15.0 Å². The second-order valence-corrected chi connectivity index (χ2v) is 8.02. The number of halogens is 3. The molecule has 3 rings (SSSR count). The number of aliphatic hydroxyl groups excluding tert-OH is 1. The van der Waals surface area contributed by atoms with Gasteiger partial charge in [0.25, 0.3) is 0 Å². The maximum atomic E-state index is 15.3. The molecular formula is C24H23ClF2N4O4. The number of rotatable bonds is 10. The fraction of sp³-hybridized carbons (Fsp3) is 0.250. The first-order valence-corrected chi connectivity index (χ1v) is 10.9. The lowest BCUT2D eigenvalue weighted by molar-refractivity contribution is -0.115. The monoisotopic (exact) mass is 504 g/mol. The number of carbonyl (C=O) groups is 2. The van der Waals surface area contributed by atoms with Gasteiger partial charge in [-0.05, 0) is 24.3 Å². The number of likely N-dealkylation sites (N-methyl/N-ethyl adjacent to an activating group) is 1. The highest BCUT2D eigenvalue weighted by molar-refractivity contribution is 6.30. The van der Waals surface area contributed by atoms with Crippen molar-refractivity contribution in [3.63, 3.8) is 0 Å². The highest BCUT2D eigenvalue weighted by Crippen LogP contribution is 2.37. The van der Waals surface area contributed by atoms with E-state index >= 15 is 4.39 Å². The number of nitrogens with one attached hydrogen (secondary N) is 1. The van der Waals surface area contributed by atoms with Gasteiger partial charge in [-0.25, -0.2) is 4.39 Å². The van der Waals surface area contributed by atoms with Crippen molar-refractivity contribution >= 4 is 35.2 Å². The summed E-state index contributed by atoms with van der Waals surface area (Å²) in [4.78, 5) is 33.6. The predicted molar refractivity (Wildman–Crippen MR) is 128 cm³/mol. The fourth-order valence-electron chi connectivity index (χ4n) is 3.39. The highest BCUT2D eigenvalue weighted by atomic mass is 35.5. The molecule has 0 saturated heterocycles. The van der Waals surface area contributed by atoms with Crippen molar-refractivity contribution in [2.75, 3.05) is 37.0 Å². The van der Waals surface area contributed by atoms with E-state index in [1.54, 1.807) is 26.1 Å². The number of hydrogen-bond donors (Lipinski definition) is 2. The number of pyridine rings is 2. The van der Waals surface area contributed by atoms with Gasteiger partial charge in [0.2, 0.25) is 17.7 Å². The average Bonchev–Trinajstić information content (AvgIpc) is 2.84. The third-order valence-electron chi connectivity index (χ3n) is 5.01. The van der Waals surface area contributed by atoms with Crippen LogP contribution in [0.25, 0.3) is 11.1 Å². The summed E-state index contributed by atoms with van der Waals surface area (Å²) < 4.78 is 34.3. The molecule has 11 heteroatoms. The zero-order chi connectivity index (χ0) is 25.5. The van der Waals surface area contributed by atoms with Gasteiger partial charge in [0.05, 0.1) is 41.0 Å². The first-order chi connectivity index (χ1) is 16.7. The maximum Gasteiger partial charge on any atom is 0.243 e. The number of anilines is 2. The summed E-state index contributed by atoms with van der Waals surface area (Å²) in [7, 11) is 1.55. The summed E-state index contributed by atoms with van der Waals surface area (Å²) >= 11 is 5.68. The fourth-order valence-corrected chi connectivity index (χ4v) is 3.50. The third kappa shape index (κ3) is 6.28. The number of aldehydes is 1. The summed E-state index contributed by atoms with van der Waals surface area (Å²) in [6.07, 6.45) is 2.18. The standard InChI is InChI=1S/C24H23ClF2N4O4/c1-14(13-33)23-16(4-3-7-28-23)22-19(11-21(30-24(22)27)35-9-8-32)31(2)12-20(34)29-15-5-6-17(25)18(26)10-15/h3-7,10-11,13-14,32H,8-9,12H2,1-2H3,(H,29,34). The van der Waals surface area contributed by atoms with Crippen LogP contribution in [0, 0.1) is 11.8 Å². The molecule has 2 heterocycles. The predicted octanol–water partition coefficient (Wildman–Crippen LogP) is 3.82. The van der Waals surface area contributed by atoms with Crippen LogP contribution in [-0.2, 0) is 9.59 Å². The normalized spacial score (nSPS) is 11.6. The quantitative estimate of drug-likeness (QED) is 0.319. The number of carbonyl (C=O) groups excluding carboxylic acids is 2. The van der Waals surface area contributed by atoms with Crippen LogP contribution in [-0.4, -0.2) is 54.1 Å². The molecule has 0 bridgehead atoms. The molecule has 0 aliphatic heterocycles. The Bertz CT molecular complexity index is 1230. The number of hydrogen-bond acceptors (Lipinski definition) is 7. The van der Waals surface area contributed by atoms with Crippen molar-refractivity contribution in [2.24, 2.45) is 0 Å². The minimum absolute atomic E-state index is 0.0194. The molecule has 0 fully saturated rings. The smallest absolute Gasteiger partial charge is 0.243 e. The van der Waals surface area contributed by atoms with Crippen molar-refractivity contribution in [2.45, 2.75) is 12.8 Å². The zero-order valence-corrected chi connectivity index (χ0v) is 19.7. The van der Waals surface area contributed by atoms with Gasteiger partial charge in [-0.1, -0.05) is 24.6 Å². The number of nitrogens with zero attached hydrogens (tertiary/aromatic N) is 3. The van der Waals surface area contributed by atoms with Gasteiger partial charge >= 0.3 is 0 Å². The van der Waals surface area contributed by atoms with Crippen molar-refractivity contribution in [1.82, 2.24) is 9.97 Å². The second-order valence-electron chi connectivity index (χ2n) is 7.61. The lowest BCUT2D eigenvalue weighted by Crippen LogP contribution is -2.30. The first kappa shape index (κ1) is 26.0. The number of ether oxygens (including phenoxy) is 1. The number of amides is 1. The van der Waals surface area contributed by atoms with Gasteiger partial charge in [0.1, 0.15) is 18.7 Å². The Kier molecular flexibility index (Phi) is 8.67. The first-order valence-electron chi connectivity index (χ1n) is 10.6. The van der Waals surface area contributed by atoms with Gasteiger partial charge in [-0.15, -0.1) is 0 Å². The van der Waals surface area contributed by atoms with E-state index in [9.17, 15) is 14.0 Å². The Morgan fingerprint density at radius 3 is 2.77 bits per heavy atom. The zero-order valence-electron chi connectivity index (χ0n) is 19.0. The van der Waals surface area contributed by atoms with E-state index in [2.05, 4.69) is 15.3 Å². The van der Waals surface area contributed by atoms with Gasteiger partial charge < -0.3 is 24.9 Å². The molecule has 1 atom stereocenters. The second kappa shape index (κ2) is 11.7. The van der Waals surface area contributed by atoms with Crippen LogP contribution in [0.4, 0.5) is 20.2 Å². The minimum Gasteiger partial charge on any atom is -0.475 e. The Morgan fingerprint density at radius 2 is 2.09 bits per heavy atom. The summed E-state index contributed by atoms with van der Waals surface area (Å²) in [5.41, 5.74) is 1.12. The Labute approximate surface area is 205 Å². The van der Waals surface area contributed by atoms with Crippen LogP contribution in [0.5, 0.6) is 5.88 Å². The number of aromatic nitrogens is 2. The third-order valence-corrected chi connectivity index (χ3v) is 5.32. The molecule has 1 unspecified atom stereocenters. The molecule has 8 nitrogen and oxygen atoms in total. The SMILES string of the molecule is CC(C=O)c1ncccc1-c1c(N(C)CC(=O)Nc2ccc(Cl)c(F)c2)cc(OCCO)nc1F. The molecule has 0 aliphatic rings. The van der Waals surface area contributed by atoms with E-state index in [0.717, 1.165) is 6.07 Å². The highest BCUT2D eigenvalue weighted by Gasteiger charge is 2.24. The molecule has 35 heavy (non-hydrogen) atoms. The molecule has 0 spiro atoms. The van der Waals surface area contributed by atoms with Crippen LogP contribution in [0.2, 0.25) is 5.02 Å². The minimum atomic E-state index is -0.908. The molecule has 0 radical (unpaired) electrons. The van der Waals surface area contributed by atoms with Crippen molar-refractivity contribution in [3.8, 4) is 17.0 Å². The summed E-state index contributed by atoms with van der Waals surface area (Å²) in [5.74, 6) is -2.83. The summed E-state index contributed by atoms with van der Waals surface area (Å²) in [6.45, 7) is 0.960. The Balaban J connectivity index is 2.00. The lowest BCUT2D eigenvalue weighted by atomic mass is 9.96. The molecular weight excluding hydrogens is 482 g/mol. The molecule has 2 aromatic heterocycles. The van der Waals surface area contributed by atoms with Gasteiger partial charge in [0.15, 0.2) is 0 Å². The van der Waals surface area contributed by atoms with E-state index < -0.39 is 23.6 Å². The van der Waals surface area contributed by atoms with Gasteiger partial charge in [-0.3, -0.25) is 9.78 Å². The van der Waals surface area contributed by atoms with Gasteiger partial charge in [-0.2, -0.15) is 9.37 Å². The lowest BCUT2D eigenvalue weighted by Gasteiger charge is -2.24. The average molecular weight is 505 g/mol. The molecule has 0 saturated carbocycles. The summed E-state index contributed by atoms with van der Waals surface area (Å²) in [6, 6.07) is 8.47. The van der Waals surface area contributed by atoms with Crippen LogP contribution in [0.3, 0.4) is 0 Å². The van der Waals surface area contributed by atoms with Crippen molar-refractivity contribution in [1.29, 1.82) is 0 Å². The van der Waals surface area contributed by atoms with Crippen LogP contribution >= 0.6 is 11.6 Å². The van der Waals surface area contributed by atoms with Crippen molar-refractivity contribution < 1.29 is 28.2 Å². The van der Waals surface area contributed by atoms with E-state index in [0.29, 0.717) is 17.5 Å². The number of benzene rings is 1. The molecule has 1 aromatic carbocycles. The van der Waals surface area contributed by atoms with E-state index in [1.807, 2.05) is 0 Å². The largest absolute Gasteiger partial charge is 0.475 e. The molecule has 3 aromatic rings. The van der Waals surface area contributed by atoms with Crippen LogP contribution in [0.15, 0.2) is 42.6 Å². The van der Waals surface area contributed by atoms with Crippen molar-refractivity contribution in [3.05, 3.63) is 65.1 Å². The Morgan fingerprint density at radius 1 is 1.31 bits per heavy atom. The molecule has 1 amide bonds. The summed E-state index contributed by atoms with van der Waals surface area (Å²) in [5, 5.41) is 11.5. The molecule has 0 aliphatic carbocycles. The van der Waals surface area contributed by atoms with E-state index in [1.165, 1.54) is 29.3 Å².